The molecule has 11 heteroatoms. The fourth-order valence-corrected chi connectivity index (χ4v) is 4.11. The van der Waals surface area contributed by atoms with E-state index in [9.17, 15) is 21.6 Å². The Kier molecular flexibility index (Phi) is 6.99. The minimum Gasteiger partial charge on any atom is -0.496 e. The van der Waals surface area contributed by atoms with E-state index in [2.05, 4.69) is 10.0 Å². The zero-order chi connectivity index (χ0) is 22.7. The van der Waals surface area contributed by atoms with Crippen molar-refractivity contribution in [3.8, 4) is 5.75 Å². The first-order valence-electron chi connectivity index (χ1n) is 8.91. The number of hydrogen-bond donors (Lipinski definition) is 2. The largest absolute Gasteiger partial charge is 0.496 e. The molecule has 30 heavy (non-hydrogen) atoms. The molecule has 2 N–H and O–H groups in total. The van der Waals surface area contributed by atoms with Crippen LogP contribution in [0.1, 0.15) is 24.2 Å². The molecule has 0 aliphatic heterocycles. The number of benzene rings is 2. The van der Waals surface area contributed by atoms with Gasteiger partial charge in [0.1, 0.15) is 5.75 Å². The molecule has 0 spiro atoms. The van der Waals surface area contributed by atoms with Crippen LogP contribution in [0.3, 0.4) is 0 Å². The van der Waals surface area contributed by atoms with Crippen LogP contribution in [0, 0.1) is 0 Å². The lowest BCUT2D eigenvalue weighted by Gasteiger charge is -2.18. The zero-order valence-corrected chi connectivity index (χ0v) is 19.0. The predicted molar refractivity (Wildman–Crippen MR) is 116 cm³/mol. The molecule has 0 aromatic heterocycles. The third kappa shape index (κ3) is 5.63. The van der Waals surface area contributed by atoms with E-state index in [0.29, 0.717) is 5.69 Å². The van der Waals surface area contributed by atoms with Crippen LogP contribution in [0.25, 0.3) is 0 Å². The molecule has 0 saturated heterocycles. The highest BCUT2D eigenvalue weighted by Gasteiger charge is 2.21. The van der Waals surface area contributed by atoms with Gasteiger partial charge < -0.3 is 10.1 Å². The van der Waals surface area contributed by atoms with Crippen molar-refractivity contribution in [2.75, 3.05) is 29.4 Å². The van der Waals surface area contributed by atoms with Gasteiger partial charge in [0.05, 0.1) is 35.2 Å². The number of nitrogens with one attached hydrogen (secondary N) is 2. The first-order chi connectivity index (χ1) is 13.8. The molecule has 0 aliphatic rings. The standard InChI is InChI=1S/C19H25N3O6S2/c1-13(2)20-19(23)17-12-16(9-10-18(17)28-4)30(26,27)21-14-7-6-8-15(11-14)22(3)29(5,24)25/h6-13,21H,1-5H3,(H,20,23). The molecule has 0 unspecified atom stereocenters. The molecular weight excluding hydrogens is 430 g/mol. The number of rotatable bonds is 8. The number of methoxy groups -OCH3 is 1. The number of amides is 1. The van der Waals surface area contributed by atoms with E-state index in [1.807, 2.05) is 0 Å². The number of sulfonamides is 2. The number of nitrogens with zero attached hydrogens (tertiary/aromatic N) is 1. The minimum atomic E-state index is -4.05. The van der Waals surface area contributed by atoms with Crippen molar-refractivity contribution in [1.29, 1.82) is 0 Å². The Morgan fingerprint density at radius 2 is 1.73 bits per heavy atom. The van der Waals surface area contributed by atoms with Gasteiger partial charge in [0.2, 0.25) is 10.0 Å². The maximum Gasteiger partial charge on any atom is 0.261 e. The molecule has 0 heterocycles. The van der Waals surface area contributed by atoms with Gasteiger partial charge in [-0.2, -0.15) is 0 Å². The topological polar surface area (TPSA) is 122 Å². The van der Waals surface area contributed by atoms with Gasteiger partial charge in [0, 0.05) is 13.1 Å². The quantitative estimate of drug-likeness (QED) is 0.628. The van der Waals surface area contributed by atoms with Gasteiger partial charge >= 0.3 is 0 Å². The zero-order valence-electron chi connectivity index (χ0n) is 17.3. The van der Waals surface area contributed by atoms with Gasteiger partial charge in [-0.05, 0) is 50.2 Å². The van der Waals surface area contributed by atoms with Crippen LogP contribution in [-0.4, -0.2) is 49.2 Å². The number of carbonyl (C=O) groups excluding carboxylic acids is 1. The average molecular weight is 456 g/mol. The number of carbonyl (C=O) groups is 1. The van der Waals surface area contributed by atoms with Crippen molar-refractivity contribution in [2.24, 2.45) is 0 Å². The lowest BCUT2D eigenvalue weighted by atomic mass is 10.2. The van der Waals surface area contributed by atoms with Gasteiger partial charge in [-0.15, -0.1) is 0 Å². The van der Waals surface area contributed by atoms with E-state index in [1.54, 1.807) is 19.9 Å². The van der Waals surface area contributed by atoms with Gasteiger partial charge in [0.15, 0.2) is 0 Å². The summed E-state index contributed by atoms with van der Waals surface area (Å²) in [7, 11) is -4.80. The van der Waals surface area contributed by atoms with E-state index in [-0.39, 0.29) is 27.9 Å². The molecule has 0 radical (unpaired) electrons. The molecule has 0 fully saturated rings. The number of hydrogen-bond acceptors (Lipinski definition) is 6. The SMILES string of the molecule is COc1ccc(S(=O)(=O)Nc2cccc(N(C)S(C)(=O)=O)c2)cc1C(=O)NC(C)C. The van der Waals surface area contributed by atoms with E-state index >= 15 is 0 Å². The average Bonchev–Trinajstić information content (AvgIpc) is 2.65. The Bertz CT molecular complexity index is 1140. The van der Waals surface area contributed by atoms with Crippen LogP contribution >= 0.6 is 0 Å². The van der Waals surface area contributed by atoms with Crippen LogP contribution in [0.2, 0.25) is 0 Å². The van der Waals surface area contributed by atoms with E-state index < -0.39 is 26.0 Å². The lowest BCUT2D eigenvalue weighted by Crippen LogP contribution is -2.30. The van der Waals surface area contributed by atoms with E-state index in [4.69, 9.17) is 4.74 Å². The molecule has 0 bridgehead atoms. The third-order valence-electron chi connectivity index (χ3n) is 4.11. The van der Waals surface area contributed by atoms with Crippen LogP contribution in [-0.2, 0) is 20.0 Å². The van der Waals surface area contributed by atoms with Gasteiger partial charge in [0.25, 0.3) is 15.9 Å². The molecule has 2 aromatic carbocycles. The smallest absolute Gasteiger partial charge is 0.261 e. The van der Waals surface area contributed by atoms with Gasteiger partial charge in [-0.3, -0.25) is 13.8 Å². The molecule has 9 nitrogen and oxygen atoms in total. The lowest BCUT2D eigenvalue weighted by molar-refractivity contribution is 0.0940. The fraction of sp³-hybridized carbons (Fsp3) is 0.316. The summed E-state index contributed by atoms with van der Waals surface area (Å²) in [6.07, 6.45) is 1.05. The highest BCUT2D eigenvalue weighted by atomic mass is 32.2. The Morgan fingerprint density at radius 3 is 2.30 bits per heavy atom. The summed E-state index contributed by atoms with van der Waals surface area (Å²) >= 11 is 0. The van der Waals surface area contributed by atoms with Crippen molar-refractivity contribution < 1.29 is 26.4 Å². The van der Waals surface area contributed by atoms with Crippen molar-refractivity contribution in [3.63, 3.8) is 0 Å². The molecule has 2 rings (SSSR count). The summed E-state index contributed by atoms with van der Waals surface area (Å²) in [5, 5.41) is 2.70. The summed E-state index contributed by atoms with van der Waals surface area (Å²) < 4.78 is 57.8. The van der Waals surface area contributed by atoms with Crippen LogP contribution in [0.15, 0.2) is 47.4 Å². The first kappa shape index (κ1) is 23.5. The second-order valence-electron chi connectivity index (χ2n) is 6.88. The van der Waals surface area contributed by atoms with Crippen LogP contribution in [0.5, 0.6) is 5.75 Å². The van der Waals surface area contributed by atoms with Crippen LogP contribution < -0.4 is 19.1 Å². The second-order valence-corrected chi connectivity index (χ2v) is 10.6. The summed E-state index contributed by atoms with van der Waals surface area (Å²) in [6.45, 7) is 3.57. The maximum atomic E-state index is 12.9. The third-order valence-corrected chi connectivity index (χ3v) is 6.69. The summed E-state index contributed by atoms with van der Waals surface area (Å²) in [4.78, 5) is 12.3. The summed E-state index contributed by atoms with van der Waals surface area (Å²) in [5.41, 5.74) is 0.552. The molecule has 164 valence electrons. The van der Waals surface area contributed by atoms with Gasteiger partial charge in [-0.25, -0.2) is 16.8 Å². The molecule has 0 aliphatic carbocycles. The van der Waals surface area contributed by atoms with Crippen molar-refractivity contribution in [1.82, 2.24) is 5.32 Å². The molecule has 0 saturated carbocycles. The van der Waals surface area contributed by atoms with Crippen molar-refractivity contribution >= 4 is 37.3 Å². The predicted octanol–water partition coefficient (Wildman–Crippen LogP) is 2.03. The Hall–Kier alpha value is -2.79. The Labute approximate surface area is 177 Å². The Balaban J connectivity index is 2.40. The Morgan fingerprint density at radius 1 is 1.07 bits per heavy atom. The molecule has 2 aromatic rings. The normalized spacial score (nSPS) is 11.8. The molecular formula is C19H25N3O6S2. The minimum absolute atomic E-state index is 0.0830. The maximum absolute atomic E-state index is 12.9. The van der Waals surface area contributed by atoms with Crippen molar-refractivity contribution in [2.45, 2.75) is 24.8 Å². The highest BCUT2D eigenvalue weighted by Crippen LogP contribution is 2.26. The van der Waals surface area contributed by atoms with Crippen molar-refractivity contribution in [3.05, 3.63) is 48.0 Å². The fourth-order valence-electron chi connectivity index (χ4n) is 2.54. The van der Waals surface area contributed by atoms with Gasteiger partial charge in [-0.1, -0.05) is 6.07 Å². The van der Waals surface area contributed by atoms with Crippen LogP contribution in [0.4, 0.5) is 11.4 Å². The number of anilines is 2. The highest BCUT2D eigenvalue weighted by molar-refractivity contribution is 7.92. The molecule has 0 atom stereocenters. The van der Waals surface area contributed by atoms with E-state index in [0.717, 1.165) is 10.6 Å². The summed E-state index contributed by atoms with van der Waals surface area (Å²) in [6, 6.07) is 9.77. The van der Waals surface area contributed by atoms with E-state index in [1.165, 1.54) is 50.6 Å². The molecule has 1 amide bonds. The summed E-state index contributed by atoms with van der Waals surface area (Å²) in [5.74, 6) is -0.223. The number of ether oxygens (including phenoxy) is 1. The monoisotopic (exact) mass is 455 g/mol. The first-order valence-corrected chi connectivity index (χ1v) is 12.2. The second kappa shape index (κ2) is 8.92.